The van der Waals surface area contributed by atoms with Crippen molar-refractivity contribution in [1.29, 1.82) is 0 Å². The van der Waals surface area contributed by atoms with Crippen LogP contribution in [-0.2, 0) is 28.9 Å². The van der Waals surface area contributed by atoms with E-state index in [0.717, 1.165) is 24.9 Å². The second-order valence-corrected chi connectivity index (χ2v) is 13.0. The van der Waals surface area contributed by atoms with Crippen molar-refractivity contribution < 1.29 is 33.2 Å². The standard InChI is InChI=1S/C32H37N6O7P/c1-32(22-12-7-4-8-13-22)24-14-9-15-38(24)46(45-32)44-26-23(18-39)43-31(27(26)42-17-16-41-2)37-20-35-25-28(33-19-34-29(25)37)36-30(40)21-10-5-3-6-11-21/h3-8,10-13,19-20,23-24,26-27,31,39H,9,14-18H2,1-2H3,(H,33,34,36,40)/t23-,24+,26?,27+,31-,32-,46-/m1/s1. The molecule has 242 valence electrons. The molecule has 3 aliphatic rings. The predicted octanol–water partition coefficient (Wildman–Crippen LogP) is 4.02. The van der Waals surface area contributed by atoms with E-state index < -0.39 is 38.7 Å². The first-order valence-corrected chi connectivity index (χ1v) is 16.5. The normalized spacial score (nSPS) is 29.4. The number of carbonyl (C=O) groups is 1. The molecule has 2 aromatic carbocycles. The third-order valence-corrected chi connectivity index (χ3v) is 10.7. The Kier molecular flexibility index (Phi) is 9.08. The number of methoxy groups -OCH3 is 1. The van der Waals surface area contributed by atoms with Gasteiger partial charge in [-0.05, 0) is 37.5 Å². The van der Waals surface area contributed by atoms with E-state index in [1.54, 1.807) is 42.3 Å². The van der Waals surface area contributed by atoms with Gasteiger partial charge < -0.3 is 33.7 Å². The number of benzene rings is 2. The molecule has 2 aromatic heterocycles. The molecule has 14 heteroatoms. The minimum atomic E-state index is -1.50. The van der Waals surface area contributed by atoms with Crippen molar-refractivity contribution in [2.45, 2.75) is 55.9 Å². The van der Waals surface area contributed by atoms with E-state index in [0.29, 0.717) is 23.3 Å². The molecule has 7 rings (SSSR count). The molecular weight excluding hydrogens is 611 g/mol. The molecule has 46 heavy (non-hydrogen) atoms. The van der Waals surface area contributed by atoms with E-state index in [2.05, 4.69) is 44.0 Å². The number of aliphatic hydroxyl groups excluding tert-OH is 1. The predicted molar refractivity (Wildman–Crippen MR) is 169 cm³/mol. The first-order valence-electron chi connectivity index (χ1n) is 15.4. The first-order chi connectivity index (χ1) is 22.5. The molecular formula is C32H37N6O7P. The number of carbonyl (C=O) groups excluding carboxylic acids is 1. The molecule has 7 atom stereocenters. The second-order valence-electron chi connectivity index (χ2n) is 11.6. The maximum absolute atomic E-state index is 12.9. The van der Waals surface area contributed by atoms with Crippen molar-refractivity contribution in [1.82, 2.24) is 24.2 Å². The number of amides is 1. The van der Waals surface area contributed by atoms with Crippen molar-refractivity contribution in [3.05, 3.63) is 84.4 Å². The number of nitrogens with zero attached hydrogens (tertiary/aromatic N) is 5. The number of hydrogen-bond acceptors (Lipinski definition) is 11. The Balaban J connectivity index is 1.18. The topological polar surface area (TPSA) is 142 Å². The average molecular weight is 649 g/mol. The van der Waals surface area contributed by atoms with E-state index in [4.69, 9.17) is 23.3 Å². The van der Waals surface area contributed by atoms with E-state index in [-0.39, 0.29) is 31.0 Å². The van der Waals surface area contributed by atoms with Crippen molar-refractivity contribution >= 4 is 31.4 Å². The van der Waals surface area contributed by atoms with Crippen molar-refractivity contribution in [3.8, 4) is 0 Å². The van der Waals surface area contributed by atoms with Crippen LogP contribution >= 0.6 is 8.53 Å². The Hall–Kier alpha value is -3.39. The van der Waals surface area contributed by atoms with Crippen LogP contribution in [0, 0.1) is 0 Å². The van der Waals surface area contributed by atoms with Crippen LogP contribution < -0.4 is 5.32 Å². The smallest absolute Gasteiger partial charge is 0.260 e. The maximum Gasteiger partial charge on any atom is 0.260 e. The molecule has 13 nitrogen and oxygen atoms in total. The number of nitrogens with one attached hydrogen (secondary N) is 1. The summed E-state index contributed by atoms with van der Waals surface area (Å²) in [6.45, 7) is 3.31. The van der Waals surface area contributed by atoms with Gasteiger partial charge in [0.25, 0.3) is 14.4 Å². The number of aromatic nitrogens is 4. The minimum absolute atomic E-state index is 0.165. The lowest BCUT2D eigenvalue weighted by Gasteiger charge is -2.29. The zero-order valence-electron chi connectivity index (χ0n) is 25.6. The molecule has 5 heterocycles. The van der Waals surface area contributed by atoms with Gasteiger partial charge in [0, 0.05) is 19.2 Å². The van der Waals surface area contributed by atoms with E-state index in [1.165, 1.54) is 6.33 Å². The van der Waals surface area contributed by atoms with Gasteiger partial charge in [-0.3, -0.25) is 9.36 Å². The largest absolute Gasteiger partial charge is 0.394 e. The molecule has 1 unspecified atom stereocenters. The van der Waals surface area contributed by atoms with Crippen LogP contribution in [0.2, 0.25) is 0 Å². The highest BCUT2D eigenvalue weighted by Gasteiger charge is 2.58. The highest BCUT2D eigenvalue weighted by Crippen LogP contribution is 2.64. The summed E-state index contributed by atoms with van der Waals surface area (Å²) in [5.74, 6) is -0.0505. The molecule has 0 spiro atoms. The van der Waals surface area contributed by atoms with Crippen LogP contribution in [0.4, 0.5) is 5.82 Å². The number of aliphatic hydroxyl groups is 1. The minimum Gasteiger partial charge on any atom is -0.394 e. The molecule has 0 bridgehead atoms. The summed E-state index contributed by atoms with van der Waals surface area (Å²) < 4.78 is 35.7. The molecule has 3 saturated heterocycles. The summed E-state index contributed by atoms with van der Waals surface area (Å²) in [6, 6.07) is 19.3. The Labute approximate surface area is 267 Å². The lowest BCUT2D eigenvalue weighted by Crippen LogP contribution is -2.38. The molecule has 0 aliphatic carbocycles. The van der Waals surface area contributed by atoms with Crippen molar-refractivity contribution in [2.24, 2.45) is 0 Å². The summed E-state index contributed by atoms with van der Waals surface area (Å²) in [5, 5.41) is 13.4. The van der Waals surface area contributed by atoms with Gasteiger partial charge in [0.05, 0.1) is 32.2 Å². The van der Waals surface area contributed by atoms with Crippen LogP contribution in [0.15, 0.2) is 73.3 Å². The first kappa shape index (κ1) is 31.2. The Bertz CT molecular complexity index is 1650. The van der Waals surface area contributed by atoms with Gasteiger partial charge in [-0.25, -0.2) is 19.6 Å². The fourth-order valence-corrected chi connectivity index (χ4v) is 8.69. The lowest BCUT2D eigenvalue weighted by atomic mass is 9.87. The van der Waals surface area contributed by atoms with Crippen LogP contribution in [0.1, 0.15) is 41.9 Å². The Morgan fingerprint density at radius 2 is 1.87 bits per heavy atom. The summed E-state index contributed by atoms with van der Waals surface area (Å²) in [7, 11) is 0.106. The lowest BCUT2D eigenvalue weighted by molar-refractivity contribution is -0.0777. The third-order valence-electron chi connectivity index (χ3n) is 8.86. The molecule has 4 aromatic rings. The SMILES string of the molecule is COCCO[C@H]1C(O[P@]2O[C@](C)(c3ccccc3)[C@@H]3CCCN32)[C@@H](CO)O[C@H]1n1cnc2c(NC(=O)c3ccccc3)ncnc21. The number of anilines is 1. The number of rotatable bonds is 11. The average Bonchev–Trinajstić information content (AvgIpc) is 3.87. The number of fused-ring (bicyclic) bond motifs is 2. The highest BCUT2D eigenvalue weighted by molar-refractivity contribution is 7.45. The number of ether oxygens (including phenoxy) is 3. The van der Waals surface area contributed by atoms with Gasteiger partial charge >= 0.3 is 0 Å². The molecule has 2 N–H and O–H groups in total. The quantitative estimate of drug-likeness (QED) is 0.180. The number of imidazole rings is 1. The molecule has 3 aliphatic heterocycles. The van der Waals surface area contributed by atoms with E-state index >= 15 is 0 Å². The number of hydrogen-bond donors (Lipinski definition) is 2. The fraction of sp³-hybridized carbons (Fsp3) is 0.438. The van der Waals surface area contributed by atoms with Crippen molar-refractivity contribution in [2.75, 3.05) is 38.8 Å². The van der Waals surface area contributed by atoms with Crippen LogP contribution in [0.5, 0.6) is 0 Å². The molecule has 0 radical (unpaired) electrons. The Morgan fingerprint density at radius 3 is 2.63 bits per heavy atom. The third kappa shape index (κ3) is 5.71. The summed E-state index contributed by atoms with van der Waals surface area (Å²) >= 11 is 0. The second kappa shape index (κ2) is 13.4. The van der Waals surface area contributed by atoms with Gasteiger partial charge in [-0.15, -0.1) is 0 Å². The summed E-state index contributed by atoms with van der Waals surface area (Å²) in [4.78, 5) is 26.2. The zero-order valence-corrected chi connectivity index (χ0v) is 26.5. The van der Waals surface area contributed by atoms with Crippen LogP contribution in [-0.4, -0.2) is 93.0 Å². The van der Waals surface area contributed by atoms with Gasteiger partial charge in [0.2, 0.25) is 0 Å². The van der Waals surface area contributed by atoms with E-state index in [1.807, 2.05) is 24.3 Å². The van der Waals surface area contributed by atoms with Gasteiger partial charge in [-0.1, -0.05) is 48.5 Å². The zero-order chi connectivity index (χ0) is 31.7. The fourth-order valence-electron chi connectivity index (χ4n) is 6.53. The molecule has 1 amide bonds. The summed E-state index contributed by atoms with van der Waals surface area (Å²) in [5.41, 5.74) is 1.87. The Morgan fingerprint density at radius 1 is 1.09 bits per heavy atom. The monoisotopic (exact) mass is 648 g/mol. The van der Waals surface area contributed by atoms with Crippen LogP contribution in [0.3, 0.4) is 0 Å². The maximum atomic E-state index is 12.9. The van der Waals surface area contributed by atoms with Gasteiger partial charge in [0.1, 0.15) is 30.2 Å². The summed E-state index contributed by atoms with van der Waals surface area (Å²) in [6.07, 6.45) is 2.16. The molecule has 3 fully saturated rings. The van der Waals surface area contributed by atoms with Gasteiger partial charge in [-0.2, -0.15) is 0 Å². The highest BCUT2D eigenvalue weighted by atomic mass is 31.2. The van der Waals surface area contributed by atoms with E-state index in [9.17, 15) is 9.90 Å². The molecule has 0 saturated carbocycles. The van der Waals surface area contributed by atoms with Crippen LogP contribution in [0.25, 0.3) is 11.2 Å². The van der Waals surface area contributed by atoms with Gasteiger partial charge in [0.15, 0.2) is 23.2 Å². The van der Waals surface area contributed by atoms with Crippen molar-refractivity contribution in [3.63, 3.8) is 0 Å².